The number of aryl methyl sites for hydroxylation is 1. The second-order valence-electron chi connectivity index (χ2n) is 4.43. The van der Waals surface area contributed by atoms with Crippen molar-refractivity contribution < 1.29 is 14.0 Å². The van der Waals surface area contributed by atoms with Gasteiger partial charge in [-0.15, -0.1) is 0 Å². The molecule has 1 heterocycles. The van der Waals surface area contributed by atoms with E-state index in [0.717, 1.165) is 5.56 Å². The maximum atomic E-state index is 12.7. The Kier molecular flexibility index (Phi) is 4.65. The van der Waals surface area contributed by atoms with Crippen LogP contribution >= 0.6 is 0 Å². The highest BCUT2D eigenvalue weighted by Gasteiger charge is 2.10. The smallest absolute Gasteiger partial charge is 0.269 e. The SMILES string of the molecule is Cn1nccc1C(=O)NCC(=O)NCc1ccc(F)cc1. The zero-order valence-corrected chi connectivity index (χ0v) is 11.5. The average molecular weight is 290 g/mol. The van der Waals surface area contributed by atoms with E-state index in [1.165, 1.54) is 23.0 Å². The van der Waals surface area contributed by atoms with Crippen molar-refractivity contribution in [3.05, 3.63) is 53.6 Å². The van der Waals surface area contributed by atoms with E-state index >= 15 is 0 Å². The largest absolute Gasteiger partial charge is 0.350 e. The molecule has 0 aliphatic rings. The predicted molar refractivity (Wildman–Crippen MR) is 73.8 cm³/mol. The Morgan fingerprint density at radius 2 is 1.90 bits per heavy atom. The lowest BCUT2D eigenvalue weighted by Crippen LogP contribution is -2.37. The molecular weight excluding hydrogens is 275 g/mol. The van der Waals surface area contributed by atoms with Gasteiger partial charge in [0.2, 0.25) is 5.91 Å². The number of benzene rings is 1. The zero-order chi connectivity index (χ0) is 15.2. The third kappa shape index (κ3) is 4.13. The van der Waals surface area contributed by atoms with E-state index in [-0.39, 0.29) is 30.7 Å². The number of hydrogen-bond acceptors (Lipinski definition) is 3. The number of halogens is 1. The maximum absolute atomic E-state index is 12.7. The Hall–Kier alpha value is -2.70. The lowest BCUT2D eigenvalue weighted by atomic mass is 10.2. The Morgan fingerprint density at radius 3 is 2.52 bits per heavy atom. The first kappa shape index (κ1) is 14.7. The molecule has 0 saturated carbocycles. The quantitative estimate of drug-likeness (QED) is 0.847. The van der Waals surface area contributed by atoms with Crippen LogP contribution in [0.1, 0.15) is 16.1 Å². The fourth-order valence-corrected chi connectivity index (χ4v) is 1.71. The number of rotatable bonds is 5. The molecular formula is C14H15FN4O2. The van der Waals surface area contributed by atoms with Crippen LogP contribution in [0.4, 0.5) is 4.39 Å². The van der Waals surface area contributed by atoms with Gasteiger partial charge >= 0.3 is 0 Å². The van der Waals surface area contributed by atoms with Crippen molar-refractivity contribution in [2.75, 3.05) is 6.54 Å². The molecule has 2 aromatic rings. The van der Waals surface area contributed by atoms with E-state index < -0.39 is 0 Å². The van der Waals surface area contributed by atoms with Crippen molar-refractivity contribution in [1.29, 1.82) is 0 Å². The van der Waals surface area contributed by atoms with Crippen LogP contribution in [-0.4, -0.2) is 28.1 Å². The summed E-state index contributed by atoms with van der Waals surface area (Å²) in [5.41, 5.74) is 1.16. The van der Waals surface area contributed by atoms with E-state index in [0.29, 0.717) is 5.69 Å². The molecule has 0 unspecified atom stereocenters. The lowest BCUT2D eigenvalue weighted by molar-refractivity contribution is -0.120. The Morgan fingerprint density at radius 1 is 1.19 bits per heavy atom. The molecule has 0 saturated heterocycles. The fraction of sp³-hybridized carbons (Fsp3) is 0.214. The van der Waals surface area contributed by atoms with Crippen molar-refractivity contribution in [2.45, 2.75) is 6.54 Å². The first-order valence-corrected chi connectivity index (χ1v) is 6.33. The molecule has 0 atom stereocenters. The molecule has 0 fully saturated rings. The van der Waals surface area contributed by atoms with Gasteiger partial charge < -0.3 is 10.6 Å². The number of nitrogens with zero attached hydrogens (tertiary/aromatic N) is 2. The Balaban J connectivity index is 1.76. The number of carbonyl (C=O) groups is 2. The molecule has 7 heteroatoms. The summed E-state index contributed by atoms with van der Waals surface area (Å²) < 4.78 is 14.1. The summed E-state index contributed by atoms with van der Waals surface area (Å²) in [6.07, 6.45) is 1.50. The van der Waals surface area contributed by atoms with Gasteiger partial charge in [-0.2, -0.15) is 5.10 Å². The van der Waals surface area contributed by atoms with Crippen LogP contribution in [-0.2, 0) is 18.4 Å². The van der Waals surface area contributed by atoms with Gasteiger partial charge in [0, 0.05) is 19.8 Å². The minimum atomic E-state index is -0.369. The van der Waals surface area contributed by atoms with Gasteiger partial charge in [0.15, 0.2) is 0 Å². The van der Waals surface area contributed by atoms with Crippen molar-refractivity contribution >= 4 is 11.8 Å². The standard InChI is InChI=1S/C14H15FN4O2/c1-19-12(6-7-18-19)14(21)17-9-13(20)16-8-10-2-4-11(15)5-3-10/h2-7H,8-9H2,1H3,(H,16,20)(H,17,21). The highest BCUT2D eigenvalue weighted by Crippen LogP contribution is 2.01. The fourth-order valence-electron chi connectivity index (χ4n) is 1.71. The van der Waals surface area contributed by atoms with E-state index in [4.69, 9.17) is 0 Å². The average Bonchev–Trinajstić information content (AvgIpc) is 2.90. The molecule has 2 rings (SSSR count). The van der Waals surface area contributed by atoms with Crippen LogP contribution in [0.3, 0.4) is 0 Å². The first-order chi connectivity index (χ1) is 10.1. The second-order valence-corrected chi connectivity index (χ2v) is 4.43. The van der Waals surface area contributed by atoms with Crippen molar-refractivity contribution in [2.24, 2.45) is 7.05 Å². The minimum Gasteiger partial charge on any atom is -0.350 e. The second kappa shape index (κ2) is 6.65. The third-order valence-corrected chi connectivity index (χ3v) is 2.87. The number of aromatic nitrogens is 2. The molecule has 0 spiro atoms. The molecule has 1 aromatic heterocycles. The minimum absolute atomic E-state index is 0.134. The molecule has 21 heavy (non-hydrogen) atoms. The highest BCUT2D eigenvalue weighted by molar-refractivity contribution is 5.94. The summed E-state index contributed by atoms with van der Waals surface area (Å²) in [5.74, 6) is -1.02. The van der Waals surface area contributed by atoms with Crippen LogP contribution in [0.25, 0.3) is 0 Å². The van der Waals surface area contributed by atoms with Crippen molar-refractivity contribution in [1.82, 2.24) is 20.4 Å². The molecule has 0 aliphatic heterocycles. The van der Waals surface area contributed by atoms with E-state index in [9.17, 15) is 14.0 Å². The first-order valence-electron chi connectivity index (χ1n) is 6.33. The maximum Gasteiger partial charge on any atom is 0.269 e. The van der Waals surface area contributed by atoms with Gasteiger partial charge in [0.1, 0.15) is 11.5 Å². The summed E-state index contributed by atoms with van der Waals surface area (Å²) in [6.45, 7) is 0.145. The van der Waals surface area contributed by atoms with Gasteiger partial charge in [0.05, 0.1) is 6.54 Å². The highest BCUT2D eigenvalue weighted by atomic mass is 19.1. The molecule has 2 amide bonds. The monoisotopic (exact) mass is 290 g/mol. The number of amides is 2. The summed E-state index contributed by atoms with van der Waals surface area (Å²) in [5, 5.41) is 9.01. The summed E-state index contributed by atoms with van der Waals surface area (Å²) in [4.78, 5) is 23.4. The number of carbonyl (C=O) groups excluding carboxylic acids is 2. The van der Waals surface area contributed by atoms with Crippen LogP contribution < -0.4 is 10.6 Å². The topological polar surface area (TPSA) is 76.0 Å². The van der Waals surface area contributed by atoms with Crippen LogP contribution in [0.2, 0.25) is 0 Å². The van der Waals surface area contributed by atoms with Gasteiger partial charge in [-0.1, -0.05) is 12.1 Å². The molecule has 2 N–H and O–H groups in total. The third-order valence-electron chi connectivity index (χ3n) is 2.87. The predicted octanol–water partition coefficient (Wildman–Crippen LogP) is 0.605. The van der Waals surface area contributed by atoms with Gasteiger partial charge in [-0.05, 0) is 23.8 Å². The summed E-state index contributed by atoms with van der Waals surface area (Å²) >= 11 is 0. The Labute approximate surface area is 121 Å². The van der Waals surface area contributed by atoms with Crippen LogP contribution in [0.5, 0.6) is 0 Å². The summed E-state index contributed by atoms with van der Waals surface area (Å²) in [6, 6.07) is 7.39. The number of hydrogen-bond donors (Lipinski definition) is 2. The zero-order valence-electron chi connectivity index (χ0n) is 11.5. The molecule has 6 nitrogen and oxygen atoms in total. The van der Waals surface area contributed by atoms with Gasteiger partial charge in [0.25, 0.3) is 5.91 Å². The van der Waals surface area contributed by atoms with Gasteiger partial charge in [-0.25, -0.2) is 4.39 Å². The molecule has 1 aromatic carbocycles. The normalized spacial score (nSPS) is 10.2. The van der Waals surface area contributed by atoms with Crippen LogP contribution in [0, 0.1) is 5.82 Å². The van der Waals surface area contributed by atoms with E-state index in [1.54, 1.807) is 25.2 Å². The molecule has 0 aliphatic carbocycles. The Bertz CT molecular complexity index is 637. The van der Waals surface area contributed by atoms with Crippen molar-refractivity contribution in [3.63, 3.8) is 0 Å². The van der Waals surface area contributed by atoms with Crippen molar-refractivity contribution in [3.8, 4) is 0 Å². The molecule has 0 bridgehead atoms. The summed E-state index contributed by atoms with van der Waals surface area (Å²) in [7, 11) is 1.64. The lowest BCUT2D eigenvalue weighted by Gasteiger charge is -2.07. The molecule has 110 valence electrons. The van der Waals surface area contributed by atoms with Crippen LogP contribution in [0.15, 0.2) is 36.5 Å². The van der Waals surface area contributed by atoms with E-state index in [2.05, 4.69) is 15.7 Å². The number of nitrogens with one attached hydrogen (secondary N) is 2. The molecule has 0 radical (unpaired) electrons. The van der Waals surface area contributed by atoms with Gasteiger partial charge in [-0.3, -0.25) is 14.3 Å². The van der Waals surface area contributed by atoms with E-state index in [1.807, 2.05) is 0 Å².